The predicted molar refractivity (Wildman–Crippen MR) is 123 cm³/mol. The fourth-order valence-electron chi connectivity index (χ4n) is 3.42. The summed E-state index contributed by atoms with van der Waals surface area (Å²) < 4.78 is 13.0. The number of ether oxygens (including phenoxy) is 2. The van der Waals surface area contributed by atoms with Gasteiger partial charge in [-0.3, -0.25) is 9.59 Å². The minimum Gasteiger partial charge on any atom is -0.388 e. The van der Waals surface area contributed by atoms with Gasteiger partial charge in [-0.2, -0.15) is 0 Å². The van der Waals surface area contributed by atoms with Gasteiger partial charge in [0, 0.05) is 46.8 Å². The zero-order valence-corrected chi connectivity index (χ0v) is 20.1. The van der Waals surface area contributed by atoms with E-state index < -0.39 is 18.3 Å². The van der Waals surface area contributed by atoms with Crippen molar-refractivity contribution in [2.24, 2.45) is 13.0 Å². The molecular weight excluding hydrogens is 428 g/mol. The van der Waals surface area contributed by atoms with Crippen molar-refractivity contribution in [2.75, 3.05) is 46.0 Å². The monoisotopic (exact) mass is 466 g/mol. The van der Waals surface area contributed by atoms with Crippen LogP contribution in [0.1, 0.15) is 37.7 Å². The molecule has 1 aliphatic heterocycles. The Bertz CT molecular complexity index is 781. The molecule has 0 unspecified atom stereocenters. The highest BCUT2D eigenvalue weighted by atomic mass is 16.5. The molecule has 2 rings (SSSR count). The van der Waals surface area contributed by atoms with Gasteiger partial charge in [-0.25, -0.2) is 4.98 Å². The molecule has 0 radical (unpaired) electrons. The fraction of sp³-hybridized carbons (Fsp3) is 0.696. The SMILES string of the molecule is CC(=O)N1CCN(C(=O)c2cncn2C)CC=CCOC[C@H](O)[C@H](O)[C@@H](OCCC(C)C)C1. The highest BCUT2D eigenvalue weighted by molar-refractivity contribution is 5.92. The number of imidazole rings is 1. The van der Waals surface area contributed by atoms with Gasteiger partial charge in [0.25, 0.3) is 5.91 Å². The van der Waals surface area contributed by atoms with Gasteiger partial charge in [-0.15, -0.1) is 0 Å². The van der Waals surface area contributed by atoms with Crippen LogP contribution in [0.5, 0.6) is 0 Å². The first-order chi connectivity index (χ1) is 15.7. The average Bonchev–Trinajstić information content (AvgIpc) is 3.19. The highest BCUT2D eigenvalue weighted by Crippen LogP contribution is 2.12. The number of hydrogen-bond acceptors (Lipinski definition) is 7. The molecule has 0 aromatic carbocycles. The summed E-state index contributed by atoms with van der Waals surface area (Å²) in [4.78, 5) is 32.6. The van der Waals surface area contributed by atoms with Crippen LogP contribution in [0.15, 0.2) is 24.7 Å². The normalized spacial score (nSPS) is 23.5. The van der Waals surface area contributed by atoms with Crippen LogP contribution >= 0.6 is 0 Å². The number of carbonyl (C=O) groups is 2. The highest BCUT2D eigenvalue weighted by Gasteiger charge is 2.30. The van der Waals surface area contributed by atoms with Crippen molar-refractivity contribution in [3.63, 3.8) is 0 Å². The van der Waals surface area contributed by atoms with E-state index in [9.17, 15) is 19.8 Å². The first-order valence-electron chi connectivity index (χ1n) is 11.4. The Morgan fingerprint density at radius 2 is 1.97 bits per heavy atom. The molecule has 0 fully saturated rings. The Hall–Kier alpha value is -2.27. The van der Waals surface area contributed by atoms with Crippen LogP contribution in [0.3, 0.4) is 0 Å². The lowest BCUT2D eigenvalue weighted by Crippen LogP contribution is -2.50. The van der Waals surface area contributed by atoms with Crippen LogP contribution in [0, 0.1) is 5.92 Å². The second kappa shape index (κ2) is 13.4. The molecule has 2 amide bonds. The molecule has 1 aromatic rings. The van der Waals surface area contributed by atoms with Crippen molar-refractivity contribution in [1.29, 1.82) is 0 Å². The molecule has 2 N–H and O–H groups in total. The molecule has 1 aliphatic rings. The van der Waals surface area contributed by atoms with Gasteiger partial charge in [-0.05, 0) is 12.3 Å². The third-order valence-electron chi connectivity index (χ3n) is 5.61. The van der Waals surface area contributed by atoms with Gasteiger partial charge in [0.2, 0.25) is 5.91 Å². The van der Waals surface area contributed by atoms with Crippen molar-refractivity contribution in [2.45, 2.75) is 45.5 Å². The lowest BCUT2D eigenvalue weighted by atomic mass is 10.1. The largest absolute Gasteiger partial charge is 0.388 e. The van der Waals surface area contributed by atoms with E-state index in [4.69, 9.17) is 9.47 Å². The van der Waals surface area contributed by atoms with Crippen LogP contribution in [0.4, 0.5) is 0 Å². The second-order valence-electron chi connectivity index (χ2n) is 8.76. The van der Waals surface area contributed by atoms with E-state index in [1.165, 1.54) is 18.0 Å². The Labute approximate surface area is 195 Å². The summed E-state index contributed by atoms with van der Waals surface area (Å²) in [6.45, 7) is 7.09. The molecule has 10 heteroatoms. The van der Waals surface area contributed by atoms with E-state index in [0.717, 1.165) is 6.42 Å². The maximum absolute atomic E-state index is 13.1. The summed E-state index contributed by atoms with van der Waals surface area (Å²) >= 11 is 0. The molecule has 0 saturated carbocycles. The van der Waals surface area contributed by atoms with Gasteiger partial charge < -0.3 is 34.1 Å². The Balaban J connectivity index is 2.21. The van der Waals surface area contributed by atoms with E-state index >= 15 is 0 Å². The lowest BCUT2D eigenvalue weighted by molar-refractivity contribution is -0.139. The van der Waals surface area contributed by atoms with Crippen LogP contribution < -0.4 is 0 Å². The van der Waals surface area contributed by atoms with E-state index in [-0.39, 0.29) is 44.7 Å². The zero-order valence-electron chi connectivity index (χ0n) is 20.1. The summed E-state index contributed by atoms with van der Waals surface area (Å²) in [5.74, 6) is 0.00787. The molecular formula is C23H38N4O6. The van der Waals surface area contributed by atoms with Crippen molar-refractivity contribution in [3.8, 4) is 0 Å². The fourth-order valence-corrected chi connectivity index (χ4v) is 3.42. The summed E-state index contributed by atoms with van der Waals surface area (Å²) in [5.41, 5.74) is 0.448. The molecule has 2 heterocycles. The maximum atomic E-state index is 13.1. The Morgan fingerprint density at radius 1 is 1.24 bits per heavy atom. The molecule has 0 saturated heterocycles. The van der Waals surface area contributed by atoms with E-state index in [2.05, 4.69) is 18.8 Å². The minimum absolute atomic E-state index is 0.0761. The number of carbonyl (C=O) groups excluding carboxylic acids is 2. The third kappa shape index (κ3) is 8.54. The van der Waals surface area contributed by atoms with Gasteiger partial charge in [0.05, 0.1) is 25.7 Å². The van der Waals surface area contributed by atoms with Crippen molar-refractivity contribution in [1.82, 2.24) is 19.4 Å². The smallest absolute Gasteiger partial charge is 0.272 e. The maximum Gasteiger partial charge on any atom is 0.272 e. The first-order valence-corrected chi connectivity index (χ1v) is 11.4. The summed E-state index contributed by atoms with van der Waals surface area (Å²) in [6, 6.07) is 0. The number of aryl methyl sites for hydroxylation is 1. The predicted octanol–water partition coefficient (Wildman–Crippen LogP) is 0.450. The molecule has 186 valence electrons. The molecule has 10 nitrogen and oxygen atoms in total. The van der Waals surface area contributed by atoms with Crippen molar-refractivity contribution < 1.29 is 29.3 Å². The van der Waals surface area contributed by atoms with Gasteiger partial charge in [-0.1, -0.05) is 26.0 Å². The summed E-state index contributed by atoms with van der Waals surface area (Å²) in [5, 5.41) is 21.1. The molecule has 3 atom stereocenters. The second-order valence-corrected chi connectivity index (χ2v) is 8.76. The Morgan fingerprint density at radius 3 is 2.61 bits per heavy atom. The first kappa shape index (κ1) is 27.0. The quantitative estimate of drug-likeness (QED) is 0.605. The van der Waals surface area contributed by atoms with Crippen LogP contribution in [0.2, 0.25) is 0 Å². The minimum atomic E-state index is -1.22. The molecule has 0 aliphatic carbocycles. The van der Waals surface area contributed by atoms with Crippen molar-refractivity contribution in [3.05, 3.63) is 30.4 Å². The summed E-state index contributed by atoms with van der Waals surface area (Å²) in [7, 11) is 1.75. The average molecular weight is 467 g/mol. The van der Waals surface area contributed by atoms with E-state index in [1.54, 1.807) is 35.0 Å². The van der Waals surface area contributed by atoms with Gasteiger partial charge >= 0.3 is 0 Å². The summed E-state index contributed by atoms with van der Waals surface area (Å²) in [6.07, 6.45) is 4.26. The van der Waals surface area contributed by atoms with E-state index in [0.29, 0.717) is 24.8 Å². The number of amides is 2. The number of nitrogens with zero attached hydrogens (tertiary/aromatic N) is 4. The topological polar surface area (TPSA) is 117 Å². The number of aromatic nitrogens is 2. The third-order valence-corrected chi connectivity index (χ3v) is 5.61. The van der Waals surface area contributed by atoms with E-state index in [1.807, 2.05) is 0 Å². The molecule has 33 heavy (non-hydrogen) atoms. The van der Waals surface area contributed by atoms with Gasteiger partial charge in [0.1, 0.15) is 24.0 Å². The Kier molecular flexibility index (Phi) is 11.0. The van der Waals surface area contributed by atoms with Crippen LogP contribution in [-0.2, 0) is 21.3 Å². The number of aliphatic hydroxyl groups is 2. The molecule has 1 aromatic heterocycles. The molecule has 0 bridgehead atoms. The zero-order chi connectivity index (χ0) is 24.4. The molecule has 0 spiro atoms. The number of rotatable bonds is 5. The van der Waals surface area contributed by atoms with Crippen molar-refractivity contribution >= 4 is 11.8 Å². The van der Waals surface area contributed by atoms with Crippen LogP contribution in [-0.4, -0.2) is 106 Å². The number of hydrogen-bond donors (Lipinski definition) is 2. The standard InChI is InChI=1S/C23H38N4O6/c1-17(2)7-12-33-21-14-27(18(3)28)10-9-26(23(31)19-13-24-16-25(19)4)8-5-6-11-32-15-20(29)22(21)30/h5-6,13,16-17,20-22,29-30H,7-12,14-15H2,1-4H3/t20-,21-,22-/m0/s1. The van der Waals surface area contributed by atoms with Gasteiger partial charge in [0.15, 0.2) is 0 Å². The lowest BCUT2D eigenvalue weighted by Gasteiger charge is -2.33. The van der Waals surface area contributed by atoms with Crippen LogP contribution in [0.25, 0.3) is 0 Å². The number of aliphatic hydroxyl groups excluding tert-OH is 2.